The maximum Gasteiger partial charge on any atom is 0.262 e. The van der Waals surface area contributed by atoms with Crippen molar-refractivity contribution in [3.8, 4) is 0 Å². The number of rotatable bonds is 5. The van der Waals surface area contributed by atoms with Crippen molar-refractivity contribution < 1.29 is 13.2 Å². The first kappa shape index (κ1) is 17.4. The molecule has 1 heterocycles. The highest BCUT2D eigenvalue weighted by Crippen LogP contribution is 2.41. The van der Waals surface area contributed by atoms with E-state index in [9.17, 15) is 13.2 Å². The minimum absolute atomic E-state index is 0.0238. The van der Waals surface area contributed by atoms with Crippen molar-refractivity contribution in [1.82, 2.24) is 9.62 Å². The average Bonchev–Trinajstić information content (AvgIpc) is 3.10. The minimum Gasteiger partial charge on any atom is -0.348 e. The Balaban J connectivity index is 1.72. The second-order valence-electron chi connectivity index (χ2n) is 5.88. The van der Waals surface area contributed by atoms with Gasteiger partial charge in [-0.05, 0) is 35.6 Å². The molecule has 0 unspecified atom stereocenters. The Morgan fingerprint density at radius 2 is 1.92 bits per heavy atom. The lowest BCUT2D eigenvalue weighted by atomic mass is 10.1. The van der Waals surface area contributed by atoms with E-state index in [0.29, 0.717) is 5.02 Å². The van der Waals surface area contributed by atoms with Crippen LogP contribution in [0.1, 0.15) is 27.6 Å². The van der Waals surface area contributed by atoms with Crippen LogP contribution in [-0.4, -0.2) is 38.8 Å². The molecule has 1 saturated carbocycles. The van der Waals surface area contributed by atoms with Crippen LogP contribution in [0.5, 0.6) is 0 Å². The van der Waals surface area contributed by atoms with Gasteiger partial charge >= 0.3 is 0 Å². The quantitative estimate of drug-likeness (QED) is 0.861. The molecule has 0 radical (unpaired) electrons. The second-order valence-corrected chi connectivity index (χ2v) is 9.35. The Bertz CT molecular complexity index is 860. The number of hydrogen-bond acceptors (Lipinski definition) is 4. The predicted octanol–water partition coefficient (Wildman–Crippen LogP) is 2.94. The number of carbonyl (C=O) groups excluding carboxylic acids is 1. The zero-order valence-electron chi connectivity index (χ0n) is 13.2. The molecule has 0 bridgehead atoms. The van der Waals surface area contributed by atoms with Crippen LogP contribution in [-0.2, 0) is 10.0 Å². The molecule has 24 heavy (non-hydrogen) atoms. The molecule has 3 rings (SSSR count). The molecule has 1 fully saturated rings. The second kappa shape index (κ2) is 6.48. The van der Waals surface area contributed by atoms with Crippen molar-refractivity contribution in [2.24, 2.45) is 0 Å². The Morgan fingerprint density at radius 3 is 2.54 bits per heavy atom. The summed E-state index contributed by atoms with van der Waals surface area (Å²) in [6.07, 6.45) is 0.842. The third kappa shape index (κ3) is 3.35. The molecule has 0 spiro atoms. The van der Waals surface area contributed by atoms with Crippen LogP contribution < -0.4 is 5.32 Å². The molecule has 1 aromatic heterocycles. The van der Waals surface area contributed by atoms with Crippen LogP contribution in [0.4, 0.5) is 0 Å². The Morgan fingerprint density at radius 1 is 1.25 bits per heavy atom. The van der Waals surface area contributed by atoms with Crippen molar-refractivity contribution in [2.45, 2.75) is 23.3 Å². The maximum atomic E-state index is 12.5. The fourth-order valence-electron chi connectivity index (χ4n) is 2.53. The van der Waals surface area contributed by atoms with Gasteiger partial charge in [0, 0.05) is 31.1 Å². The molecule has 1 N–H and O–H groups in total. The van der Waals surface area contributed by atoms with E-state index < -0.39 is 10.0 Å². The minimum atomic E-state index is -3.63. The van der Waals surface area contributed by atoms with Gasteiger partial charge in [0.25, 0.3) is 5.91 Å². The molecule has 2 atom stereocenters. The summed E-state index contributed by atoms with van der Waals surface area (Å²) in [5.74, 6) is -0.0908. The van der Waals surface area contributed by atoms with Crippen LogP contribution in [0.15, 0.2) is 40.6 Å². The lowest BCUT2D eigenvalue weighted by Crippen LogP contribution is -2.29. The number of carbonyl (C=O) groups is 1. The molecule has 8 heteroatoms. The maximum absolute atomic E-state index is 12.5. The topological polar surface area (TPSA) is 66.5 Å². The molecular formula is C16H17ClN2O3S2. The number of halogens is 1. The van der Waals surface area contributed by atoms with Gasteiger partial charge in [-0.1, -0.05) is 23.7 Å². The molecule has 1 amide bonds. The van der Waals surface area contributed by atoms with Gasteiger partial charge in [-0.15, -0.1) is 11.3 Å². The van der Waals surface area contributed by atoms with Gasteiger partial charge < -0.3 is 5.32 Å². The standard InChI is InChI=1S/C16H17ClN2O3S2/c1-19(2)24(21,22)14-7-8-23-15(14)16(20)18-13-9-12(13)10-3-5-11(17)6-4-10/h3-8,12-13H,9H2,1-2H3,(H,18,20)/t12-,13+/m0/s1. The van der Waals surface area contributed by atoms with Crippen molar-refractivity contribution in [1.29, 1.82) is 0 Å². The highest BCUT2D eigenvalue weighted by Gasteiger charge is 2.40. The van der Waals surface area contributed by atoms with Crippen LogP contribution in [0, 0.1) is 0 Å². The van der Waals surface area contributed by atoms with Gasteiger partial charge in [0.1, 0.15) is 9.77 Å². The number of thiophene rings is 1. The zero-order valence-corrected chi connectivity index (χ0v) is 15.6. The van der Waals surface area contributed by atoms with E-state index in [-0.39, 0.29) is 27.6 Å². The number of benzene rings is 1. The summed E-state index contributed by atoms with van der Waals surface area (Å²) in [5, 5.41) is 5.22. The van der Waals surface area contributed by atoms with E-state index in [1.54, 1.807) is 5.38 Å². The van der Waals surface area contributed by atoms with Gasteiger partial charge in [0.2, 0.25) is 10.0 Å². The Labute approximate surface area is 150 Å². The Hall–Kier alpha value is -1.41. The largest absolute Gasteiger partial charge is 0.348 e. The molecule has 0 aliphatic heterocycles. The molecule has 1 aliphatic carbocycles. The van der Waals surface area contributed by atoms with Crippen LogP contribution >= 0.6 is 22.9 Å². The van der Waals surface area contributed by atoms with Crippen LogP contribution in [0.2, 0.25) is 5.02 Å². The first-order valence-corrected chi connectivity index (χ1v) is 10.1. The van der Waals surface area contributed by atoms with Gasteiger partial charge in [-0.3, -0.25) is 4.79 Å². The third-order valence-corrected chi connectivity index (χ3v) is 7.15. The smallest absolute Gasteiger partial charge is 0.262 e. The molecule has 5 nitrogen and oxygen atoms in total. The summed E-state index contributed by atoms with van der Waals surface area (Å²) in [5.41, 5.74) is 1.12. The van der Waals surface area contributed by atoms with E-state index in [2.05, 4.69) is 5.32 Å². The molecule has 128 valence electrons. The van der Waals surface area contributed by atoms with E-state index in [0.717, 1.165) is 27.6 Å². The lowest BCUT2D eigenvalue weighted by molar-refractivity contribution is 0.0951. The fourth-order valence-corrected chi connectivity index (χ4v) is 4.85. The number of sulfonamides is 1. The first-order valence-electron chi connectivity index (χ1n) is 7.37. The number of amides is 1. The molecule has 1 aliphatic rings. The van der Waals surface area contributed by atoms with E-state index in [4.69, 9.17) is 11.6 Å². The van der Waals surface area contributed by atoms with E-state index in [1.807, 2.05) is 24.3 Å². The first-order chi connectivity index (χ1) is 11.3. The summed E-state index contributed by atoms with van der Waals surface area (Å²) in [6, 6.07) is 9.05. The summed E-state index contributed by atoms with van der Waals surface area (Å²) < 4.78 is 25.7. The van der Waals surface area contributed by atoms with Crippen molar-refractivity contribution in [3.05, 3.63) is 51.2 Å². The number of nitrogens with zero attached hydrogens (tertiary/aromatic N) is 1. The summed E-state index contributed by atoms with van der Waals surface area (Å²) >= 11 is 7.02. The highest BCUT2D eigenvalue weighted by atomic mass is 35.5. The van der Waals surface area contributed by atoms with Crippen molar-refractivity contribution >= 4 is 38.9 Å². The predicted molar refractivity (Wildman–Crippen MR) is 95.3 cm³/mol. The van der Waals surface area contributed by atoms with Crippen LogP contribution in [0.3, 0.4) is 0 Å². The molecular weight excluding hydrogens is 368 g/mol. The van der Waals surface area contributed by atoms with Gasteiger partial charge in [0.15, 0.2) is 0 Å². The zero-order chi connectivity index (χ0) is 17.5. The lowest BCUT2D eigenvalue weighted by Gasteiger charge is -2.12. The van der Waals surface area contributed by atoms with E-state index in [1.165, 1.54) is 20.2 Å². The van der Waals surface area contributed by atoms with Gasteiger partial charge in [0.05, 0.1) is 0 Å². The van der Waals surface area contributed by atoms with Crippen LogP contribution in [0.25, 0.3) is 0 Å². The fraction of sp³-hybridized carbons (Fsp3) is 0.312. The van der Waals surface area contributed by atoms with Gasteiger partial charge in [-0.25, -0.2) is 12.7 Å². The third-order valence-electron chi connectivity index (χ3n) is 4.00. The monoisotopic (exact) mass is 384 g/mol. The van der Waals surface area contributed by atoms with Crippen molar-refractivity contribution in [3.63, 3.8) is 0 Å². The molecule has 0 saturated heterocycles. The summed E-state index contributed by atoms with van der Waals surface area (Å²) in [6.45, 7) is 0. The Kier molecular flexibility index (Phi) is 4.70. The number of nitrogens with one attached hydrogen (secondary N) is 1. The molecule has 1 aromatic carbocycles. The van der Waals surface area contributed by atoms with Crippen molar-refractivity contribution in [2.75, 3.05) is 14.1 Å². The van der Waals surface area contributed by atoms with Gasteiger partial charge in [-0.2, -0.15) is 0 Å². The van der Waals surface area contributed by atoms with E-state index >= 15 is 0 Å². The number of hydrogen-bond donors (Lipinski definition) is 1. The summed E-state index contributed by atoms with van der Waals surface area (Å²) in [7, 11) is -0.726. The summed E-state index contributed by atoms with van der Waals surface area (Å²) in [4.78, 5) is 12.8. The SMILES string of the molecule is CN(C)S(=O)(=O)c1ccsc1C(=O)N[C@@H]1C[C@H]1c1ccc(Cl)cc1. The highest BCUT2D eigenvalue weighted by molar-refractivity contribution is 7.89. The normalized spacial score (nSPS) is 20.2. The average molecular weight is 385 g/mol. The molecule has 2 aromatic rings.